The van der Waals surface area contributed by atoms with E-state index in [1.165, 1.54) is 0 Å². The molecule has 4 heteroatoms. The van der Waals surface area contributed by atoms with Gasteiger partial charge in [-0.15, -0.1) is 0 Å². The maximum atomic E-state index is 13.5. The highest BCUT2D eigenvalue weighted by molar-refractivity contribution is 6.26. The lowest BCUT2D eigenvalue weighted by atomic mass is 9.77. The molecule has 32 heavy (non-hydrogen) atoms. The molecule has 172 valence electrons. The SMILES string of the molecule is CC(C)C(=O)c1ccc(C(=O)C(C)(C)C)c2c(C(=O)C(C)(C)C)ccc(C(=O)C(C)C)c12. The van der Waals surface area contributed by atoms with Crippen molar-refractivity contribution in [1.29, 1.82) is 0 Å². The molecule has 2 aromatic rings. The minimum absolute atomic E-state index is 0.122. The molecule has 4 nitrogen and oxygen atoms in total. The summed E-state index contributed by atoms with van der Waals surface area (Å²) in [6.07, 6.45) is 0. The molecule has 0 unspecified atom stereocenters. The van der Waals surface area contributed by atoms with E-state index in [1.54, 1.807) is 52.0 Å². The Morgan fingerprint density at radius 2 is 0.781 bits per heavy atom. The Bertz CT molecular complexity index is 1020. The first-order chi connectivity index (χ1) is 14.5. The highest BCUT2D eigenvalue weighted by Gasteiger charge is 2.33. The van der Waals surface area contributed by atoms with Gasteiger partial charge >= 0.3 is 0 Å². The van der Waals surface area contributed by atoms with Crippen LogP contribution in [0.3, 0.4) is 0 Å². The Morgan fingerprint density at radius 1 is 0.531 bits per heavy atom. The van der Waals surface area contributed by atoms with E-state index in [2.05, 4.69) is 0 Å². The molecule has 0 saturated carbocycles. The predicted molar refractivity (Wildman–Crippen MR) is 130 cm³/mol. The third-order valence-corrected chi connectivity index (χ3v) is 5.59. The molecule has 0 radical (unpaired) electrons. The summed E-state index contributed by atoms with van der Waals surface area (Å²) < 4.78 is 0. The van der Waals surface area contributed by atoms with E-state index < -0.39 is 10.8 Å². The van der Waals surface area contributed by atoms with E-state index in [9.17, 15) is 19.2 Å². The molecular formula is C28H36O4. The number of fused-ring (bicyclic) bond motifs is 1. The molecule has 0 atom stereocenters. The number of carbonyl (C=O) groups excluding carboxylic acids is 4. The number of hydrogen-bond acceptors (Lipinski definition) is 4. The van der Waals surface area contributed by atoms with Gasteiger partial charge in [-0.2, -0.15) is 0 Å². The van der Waals surface area contributed by atoms with Crippen molar-refractivity contribution in [3.63, 3.8) is 0 Å². The molecule has 2 rings (SSSR count). The number of rotatable bonds is 6. The maximum absolute atomic E-state index is 13.5. The molecule has 0 spiro atoms. The number of carbonyl (C=O) groups is 4. The van der Waals surface area contributed by atoms with Gasteiger partial charge in [0.1, 0.15) is 0 Å². The second-order valence-electron chi connectivity index (χ2n) is 11.3. The standard InChI is InChI=1S/C28H36O4/c1-15(2)23(29)17-11-13-19(25(31)27(5,6)7)22-20(26(32)28(8,9)10)14-12-18(21(17)22)24(30)16(3)4/h11-16H,1-10H3. The molecule has 0 N–H and O–H groups in total. The summed E-state index contributed by atoms with van der Waals surface area (Å²) in [4.78, 5) is 53.3. The highest BCUT2D eigenvalue weighted by Crippen LogP contribution is 2.37. The van der Waals surface area contributed by atoms with Crippen LogP contribution in [0.15, 0.2) is 24.3 Å². The van der Waals surface area contributed by atoms with Gasteiger partial charge in [0.05, 0.1) is 0 Å². The van der Waals surface area contributed by atoms with Gasteiger partial charge in [0.25, 0.3) is 0 Å². The third-order valence-electron chi connectivity index (χ3n) is 5.59. The van der Waals surface area contributed by atoms with Gasteiger partial charge in [-0.25, -0.2) is 0 Å². The van der Waals surface area contributed by atoms with Crippen molar-refractivity contribution < 1.29 is 19.2 Å². The number of hydrogen-bond donors (Lipinski definition) is 0. The van der Waals surface area contributed by atoms with Gasteiger partial charge in [-0.1, -0.05) is 81.4 Å². The van der Waals surface area contributed by atoms with Crippen LogP contribution in [0.25, 0.3) is 10.8 Å². The molecule has 0 aromatic heterocycles. The summed E-state index contributed by atoms with van der Waals surface area (Å²) >= 11 is 0. The fourth-order valence-corrected chi connectivity index (χ4v) is 3.71. The van der Waals surface area contributed by atoms with Crippen molar-refractivity contribution in [2.45, 2.75) is 69.2 Å². The summed E-state index contributed by atoms with van der Waals surface area (Å²) in [5, 5.41) is 0.843. The predicted octanol–water partition coefficient (Wildman–Crippen LogP) is 6.97. The van der Waals surface area contributed by atoms with Crippen molar-refractivity contribution in [2.24, 2.45) is 22.7 Å². The lowest BCUT2D eigenvalue weighted by molar-refractivity contribution is 0.0856. The average Bonchev–Trinajstić information content (AvgIpc) is 2.68. The van der Waals surface area contributed by atoms with Gasteiger partial charge in [-0.05, 0) is 12.1 Å². The zero-order valence-corrected chi connectivity index (χ0v) is 21.1. The van der Waals surface area contributed by atoms with Crippen molar-refractivity contribution >= 4 is 33.9 Å². The number of ketones is 4. The maximum Gasteiger partial charge on any atom is 0.168 e. The van der Waals surface area contributed by atoms with Gasteiger partial charge in [0, 0.05) is 55.7 Å². The molecule has 0 heterocycles. The van der Waals surface area contributed by atoms with Crippen molar-refractivity contribution in [1.82, 2.24) is 0 Å². The van der Waals surface area contributed by atoms with E-state index >= 15 is 0 Å². The van der Waals surface area contributed by atoms with Gasteiger partial charge in [-0.3, -0.25) is 19.2 Å². The van der Waals surface area contributed by atoms with Crippen LogP contribution in [-0.2, 0) is 0 Å². The van der Waals surface area contributed by atoms with Crippen molar-refractivity contribution in [3.05, 3.63) is 46.5 Å². The van der Waals surface area contributed by atoms with E-state index in [-0.39, 0.29) is 35.0 Å². The average molecular weight is 437 g/mol. The van der Waals surface area contributed by atoms with E-state index in [4.69, 9.17) is 0 Å². The summed E-state index contributed by atoms with van der Waals surface area (Å²) in [5.41, 5.74) is 0.117. The third kappa shape index (κ3) is 4.74. The molecule has 0 bridgehead atoms. The first-order valence-electron chi connectivity index (χ1n) is 11.3. The lowest BCUT2D eigenvalue weighted by Crippen LogP contribution is -2.25. The topological polar surface area (TPSA) is 68.3 Å². The van der Waals surface area contributed by atoms with Gasteiger partial charge in [0.2, 0.25) is 0 Å². The summed E-state index contributed by atoms with van der Waals surface area (Å²) in [7, 11) is 0. The molecular weight excluding hydrogens is 400 g/mol. The monoisotopic (exact) mass is 436 g/mol. The Labute approximate surface area is 191 Å². The largest absolute Gasteiger partial charge is 0.294 e. The quantitative estimate of drug-likeness (QED) is 0.458. The van der Waals surface area contributed by atoms with Gasteiger partial charge in [0.15, 0.2) is 23.1 Å². The first-order valence-corrected chi connectivity index (χ1v) is 11.3. The van der Waals surface area contributed by atoms with E-state index in [0.29, 0.717) is 33.0 Å². The second kappa shape index (κ2) is 8.73. The molecule has 0 aliphatic heterocycles. The fraction of sp³-hybridized carbons (Fsp3) is 0.500. The zero-order valence-electron chi connectivity index (χ0n) is 21.1. The number of benzene rings is 2. The van der Waals surface area contributed by atoms with Crippen LogP contribution < -0.4 is 0 Å². The molecule has 0 amide bonds. The van der Waals surface area contributed by atoms with E-state index in [1.807, 2.05) is 41.5 Å². The van der Waals surface area contributed by atoms with Gasteiger partial charge < -0.3 is 0 Å². The second-order valence-corrected chi connectivity index (χ2v) is 11.3. The Hall–Kier alpha value is -2.62. The molecule has 0 aliphatic rings. The van der Waals surface area contributed by atoms with Crippen LogP contribution in [0.5, 0.6) is 0 Å². The lowest BCUT2D eigenvalue weighted by Gasteiger charge is -2.24. The van der Waals surface area contributed by atoms with Crippen LogP contribution in [-0.4, -0.2) is 23.1 Å². The summed E-state index contributed by atoms with van der Waals surface area (Å²) in [6.45, 7) is 18.1. The molecule has 0 fully saturated rings. The highest BCUT2D eigenvalue weighted by atomic mass is 16.1. The van der Waals surface area contributed by atoms with Crippen LogP contribution >= 0.6 is 0 Å². The smallest absolute Gasteiger partial charge is 0.168 e. The van der Waals surface area contributed by atoms with Crippen LogP contribution in [0.4, 0.5) is 0 Å². The summed E-state index contributed by atoms with van der Waals surface area (Å²) in [5.74, 6) is -1.12. The minimum Gasteiger partial charge on any atom is -0.294 e. The fourth-order valence-electron chi connectivity index (χ4n) is 3.71. The van der Waals surface area contributed by atoms with E-state index in [0.717, 1.165) is 0 Å². The summed E-state index contributed by atoms with van der Waals surface area (Å²) in [6, 6.07) is 6.58. The number of Topliss-reactive ketones (excluding diaryl/α,β-unsaturated/α-hetero) is 4. The Kier molecular flexibility index (Phi) is 6.99. The molecule has 2 aromatic carbocycles. The minimum atomic E-state index is -0.698. The van der Waals surface area contributed by atoms with Crippen LogP contribution in [0.2, 0.25) is 0 Å². The van der Waals surface area contributed by atoms with Crippen LogP contribution in [0.1, 0.15) is 111 Å². The first kappa shape index (κ1) is 25.6. The van der Waals surface area contributed by atoms with Crippen LogP contribution in [0, 0.1) is 22.7 Å². The van der Waals surface area contributed by atoms with Crippen molar-refractivity contribution in [3.8, 4) is 0 Å². The normalized spacial score (nSPS) is 12.5. The Balaban J connectivity index is 3.21. The molecule has 0 aliphatic carbocycles. The van der Waals surface area contributed by atoms with Crippen molar-refractivity contribution in [2.75, 3.05) is 0 Å². The Morgan fingerprint density at radius 3 is 1.03 bits per heavy atom. The zero-order chi connectivity index (χ0) is 24.8. The molecule has 0 saturated heterocycles.